The van der Waals surface area contributed by atoms with Crippen molar-refractivity contribution in [2.75, 3.05) is 5.32 Å². The second-order valence-corrected chi connectivity index (χ2v) is 4.92. The van der Waals surface area contributed by atoms with Crippen LogP contribution in [0.15, 0.2) is 36.9 Å². The molecule has 1 amide bonds. The van der Waals surface area contributed by atoms with Gasteiger partial charge in [0.15, 0.2) is 0 Å². The maximum Gasteiger partial charge on any atom is 0.228 e. The Morgan fingerprint density at radius 1 is 1.32 bits per heavy atom. The molecule has 2 heterocycles. The zero-order valence-corrected chi connectivity index (χ0v) is 14.1. The predicted octanol–water partition coefficient (Wildman–Crippen LogP) is 2.09. The fraction of sp³-hybridized carbons (Fsp3) is 0.357. The molecule has 0 aromatic carbocycles. The van der Waals surface area contributed by atoms with E-state index in [0.29, 0.717) is 12.2 Å². The Kier molecular flexibility index (Phi) is 8.70. The number of nitrogens with one attached hydrogen (secondary N) is 1. The SMILES string of the molecule is CC(N)C(C)C(=O)Nc1cnn(Cc2ccncc2)c1.Cl.Cl. The summed E-state index contributed by atoms with van der Waals surface area (Å²) in [6, 6.07) is 3.68. The van der Waals surface area contributed by atoms with Crippen LogP contribution >= 0.6 is 24.8 Å². The molecule has 2 rings (SSSR count). The number of rotatable bonds is 5. The molecule has 0 saturated heterocycles. The van der Waals surface area contributed by atoms with Crippen LogP contribution in [0, 0.1) is 5.92 Å². The Balaban J connectivity index is 0.00000220. The topological polar surface area (TPSA) is 85.8 Å². The molecule has 2 atom stereocenters. The van der Waals surface area contributed by atoms with E-state index in [1.807, 2.05) is 19.1 Å². The molecule has 6 nitrogen and oxygen atoms in total. The first-order valence-electron chi connectivity index (χ1n) is 6.54. The van der Waals surface area contributed by atoms with Gasteiger partial charge >= 0.3 is 0 Å². The third kappa shape index (κ3) is 5.63. The fourth-order valence-electron chi connectivity index (χ4n) is 1.68. The molecule has 2 aromatic heterocycles. The number of carbonyl (C=O) groups excluding carboxylic acids is 1. The average Bonchev–Trinajstić information content (AvgIpc) is 2.86. The zero-order chi connectivity index (χ0) is 14.5. The standard InChI is InChI=1S/C14H19N5O.2ClH/c1-10(11(2)15)14(20)18-13-7-17-19(9-13)8-12-3-5-16-6-4-12;;/h3-7,9-11H,8,15H2,1-2H3,(H,18,20);2*1H. The van der Waals surface area contributed by atoms with Crippen LogP contribution in [0.4, 0.5) is 5.69 Å². The van der Waals surface area contributed by atoms with Crippen molar-refractivity contribution in [2.24, 2.45) is 11.7 Å². The van der Waals surface area contributed by atoms with E-state index in [1.165, 1.54) is 0 Å². The van der Waals surface area contributed by atoms with Gasteiger partial charge in [-0.25, -0.2) is 0 Å². The Morgan fingerprint density at radius 2 is 1.95 bits per heavy atom. The van der Waals surface area contributed by atoms with Gasteiger partial charge < -0.3 is 11.1 Å². The summed E-state index contributed by atoms with van der Waals surface area (Å²) in [5.74, 6) is -0.331. The van der Waals surface area contributed by atoms with Gasteiger partial charge in [-0.15, -0.1) is 24.8 Å². The molecule has 0 aliphatic rings. The summed E-state index contributed by atoms with van der Waals surface area (Å²) in [7, 11) is 0. The van der Waals surface area contributed by atoms with Gasteiger partial charge in [0.2, 0.25) is 5.91 Å². The van der Waals surface area contributed by atoms with E-state index in [-0.39, 0.29) is 42.7 Å². The van der Waals surface area contributed by atoms with Crippen LogP contribution in [-0.2, 0) is 11.3 Å². The molecule has 122 valence electrons. The van der Waals surface area contributed by atoms with Crippen molar-refractivity contribution in [3.05, 3.63) is 42.5 Å². The minimum atomic E-state index is -0.237. The van der Waals surface area contributed by atoms with E-state index in [2.05, 4.69) is 15.4 Å². The van der Waals surface area contributed by atoms with Crippen LogP contribution in [0.2, 0.25) is 0 Å². The third-order valence-corrected chi connectivity index (χ3v) is 3.20. The Morgan fingerprint density at radius 3 is 2.55 bits per heavy atom. The lowest BCUT2D eigenvalue weighted by atomic mass is 10.0. The zero-order valence-electron chi connectivity index (χ0n) is 12.5. The van der Waals surface area contributed by atoms with Crippen molar-refractivity contribution >= 4 is 36.4 Å². The lowest BCUT2D eigenvalue weighted by molar-refractivity contribution is -0.119. The summed E-state index contributed by atoms with van der Waals surface area (Å²) in [6.45, 7) is 4.26. The molecule has 3 N–H and O–H groups in total. The summed E-state index contributed by atoms with van der Waals surface area (Å²) in [5, 5.41) is 7.03. The highest BCUT2D eigenvalue weighted by molar-refractivity contribution is 5.92. The van der Waals surface area contributed by atoms with E-state index in [0.717, 1.165) is 5.56 Å². The van der Waals surface area contributed by atoms with Crippen molar-refractivity contribution in [3.63, 3.8) is 0 Å². The lowest BCUT2D eigenvalue weighted by Gasteiger charge is -2.14. The number of nitrogens with zero attached hydrogens (tertiary/aromatic N) is 3. The van der Waals surface area contributed by atoms with E-state index in [1.54, 1.807) is 36.4 Å². The fourth-order valence-corrected chi connectivity index (χ4v) is 1.68. The molecule has 0 aliphatic heterocycles. The van der Waals surface area contributed by atoms with Crippen LogP contribution in [-0.4, -0.2) is 26.7 Å². The number of hydrogen-bond acceptors (Lipinski definition) is 4. The van der Waals surface area contributed by atoms with Gasteiger partial charge in [-0.3, -0.25) is 14.5 Å². The highest BCUT2D eigenvalue weighted by atomic mass is 35.5. The van der Waals surface area contributed by atoms with Crippen molar-refractivity contribution in [1.82, 2.24) is 14.8 Å². The number of pyridine rings is 1. The highest BCUT2D eigenvalue weighted by Crippen LogP contribution is 2.10. The van der Waals surface area contributed by atoms with Crippen molar-refractivity contribution in [1.29, 1.82) is 0 Å². The molecular weight excluding hydrogens is 325 g/mol. The van der Waals surface area contributed by atoms with Crippen molar-refractivity contribution < 1.29 is 4.79 Å². The number of nitrogens with two attached hydrogens (primary N) is 1. The van der Waals surface area contributed by atoms with E-state index < -0.39 is 0 Å². The van der Waals surface area contributed by atoms with Gasteiger partial charge in [0.05, 0.1) is 24.3 Å². The monoisotopic (exact) mass is 345 g/mol. The van der Waals surface area contributed by atoms with Crippen LogP contribution in [0.3, 0.4) is 0 Å². The van der Waals surface area contributed by atoms with Crippen LogP contribution in [0.25, 0.3) is 0 Å². The summed E-state index contributed by atoms with van der Waals surface area (Å²) in [5.41, 5.74) is 7.49. The second-order valence-electron chi connectivity index (χ2n) is 4.92. The average molecular weight is 346 g/mol. The first kappa shape index (κ1) is 20.4. The van der Waals surface area contributed by atoms with E-state index in [9.17, 15) is 4.79 Å². The number of aromatic nitrogens is 3. The first-order valence-corrected chi connectivity index (χ1v) is 6.54. The molecule has 0 bridgehead atoms. The lowest BCUT2D eigenvalue weighted by Crippen LogP contribution is -2.34. The van der Waals surface area contributed by atoms with E-state index >= 15 is 0 Å². The maximum atomic E-state index is 11.9. The molecule has 0 aliphatic carbocycles. The van der Waals surface area contributed by atoms with Gasteiger partial charge in [-0.2, -0.15) is 5.10 Å². The minimum Gasteiger partial charge on any atom is -0.327 e. The summed E-state index contributed by atoms with van der Waals surface area (Å²) >= 11 is 0. The molecule has 0 fully saturated rings. The van der Waals surface area contributed by atoms with Gasteiger partial charge in [-0.1, -0.05) is 6.92 Å². The van der Waals surface area contributed by atoms with E-state index in [4.69, 9.17) is 5.73 Å². The predicted molar refractivity (Wildman–Crippen MR) is 91.5 cm³/mol. The number of amides is 1. The molecule has 22 heavy (non-hydrogen) atoms. The van der Waals surface area contributed by atoms with Crippen LogP contribution < -0.4 is 11.1 Å². The number of carbonyl (C=O) groups is 1. The maximum absolute atomic E-state index is 11.9. The Labute approximate surface area is 142 Å². The van der Waals surface area contributed by atoms with Crippen molar-refractivity contribution in [2.45, 2.75) is 26.4 Å². The summed E-state index contributed by atoms with van der Waals surface area (Å²) in [6.07, 6.45) is 6.91. The quantitative estimate of drug-likeness (QED) is 0.868. The molecule has 0 saturated carbocycles. The van der Waals surface area contributed by atoms with Gasteiger partial charge in [0, 0.05) is 24.6 Å². The normalized spacial score (nSPS) is 12.5. The Hall–Kier alpha value is -1.63. The summed E-state index contributed by atoms with van der Waals surface area (Å²) < 4.78 is 1.77. The molecule has 8 heteroatoms. The Bertz CT molecular complexity index is 574. The van der Waals surface area contributed by atoms with Gasteiger partial charge in [0.1, 0.15) is 0 Å². The van der Waals surface area contributed by atoms with Crippen molar-refractivity contribution in [3.8, 4) is 0 Å². The highest BCUT2D eigenvalue weighted by Gasteiger charge is 2.17. The first-order chi connectivity index (χ1) is 9.56. The molecule has 0 spiro atoms. The largest absolute Gasteiger partial charge is 0.327 e. The smallest absolute Gasteiger partial charge is 0.228 e. The van der Waals surface area contributed by atoms with Crippen LogP contribution in [0.1, 0.15) is 19.4 Å². The molecule has 0 radical (unpaired) electrons. The van der Waals surface area contributed by atoms with Gasteiger partial charge in [0.25, 0.3) is 0 Å². The second kappa shape index (κ2) is 9.40. The molecule has 2 unspecified atom stereocenters. The molecular formula is C14H21Cl2N5O. The number of hydrogen-bond donors (Lipinski definition) is 2. The van der Waals surface area contributed by atoms with Crippen LogP contribution in [0.5, 0.6) is 0 Å². The molecule has 2 aromatic rings. The number of anilines is 1. The van der Waals surface area contributed by atoms with Gasteiger partial charge in [-0.05, 0) is 24.6 Å². The minimum absolute atomic E-state index is 0. The summed E-state index contributed by atoms with van der Waals surface area (Å²) in [4.78, 5) is 15.9. The third-order valence-electron chi connectivity index (χ3n) is 3.20. The number of halogens is 2.